The van der Waals surface area contributed by atoms with Crippen LogP contribution in [0.5, 0.6) is 0 Å². The summed E-state index contributed by atoms with van der Waals surface area (Å²) >= 11 is 0. The average molecular weight is 248 g/mol. The lowest BCUT2D eigenvalue weighted by atomic mass is 10.1. The molecule has 2 N–H and O–H groups in total. The Morgan fingerprint density at radius 1 is 1.12 bits per heavy atom. The van der Waals surface area contributed by atoms with Crippen LogP contribution in [0.25, 0.3) is 0 Å². The second-order valence-electron chi connectivity index (χ2n) is 4.24. The number of hydrogen-bond acceptors (Lipinski definition) is 3. The van der Waals surface area contributed by atoms with Gasteiger partial charge in [-0.05, 0) is 19.4 Å². The molecule has 106 valence electrons. The third kappa shape index (κ3) is 13.3. The van der Waals surface area contributed by atoms with Crippen molar-refractivity contribution in [1.29, 1.82) is 0 Å². The number of nitrogens with one attached hydrogen (secondary N) is 2. The van der Waals surface area contributed by atoms with E-state index in [0.717, 1.165) is 32.5 Å². The minimum Gasteiger partial charge on any atom is -0.385 e. The number of carbonyl (C=O) groups excluding carboxylic acids is 1. The molecule has 17 heavy (non-hydrogen) atoms. The van der Waals surface area contributed by atoms with Crippen LogP contribution in [0, 0.1) is 0 Å². The Morgan fingerprint density at radius 3 is 2.41 bits per heavy atom. The highest BCUT2D eigenvalue weighted by Gasteiger charge is 1.98. The van der Waals surface area contributed by atoms with Gasteiger partial charge >= 0.3 is 0 Å². The molecule has 0 saturated heterocycles. The van der Waals surface area contributed by atoms with E-state index in [0.29, 0.717) is 6.54 Å². The van der Waals surface area contributed by atoms with Gasteiger partial charge in [0.05, 0.1) is 6.54 Å². The average Bonchev–Trinajstić information content (AvgIpc) is 2.34. The first-order valence-corrected chi connectivity index (χ1v) is 6.77. The number of unbranched alkanes of at least 4 members (excludes halogenated alkanes) is 5. The molecule has 4 heteroatoms. The summed E-state index contributed by atoms with van der Waals surface area (Å²) in [6.07, 6.45) is 7.23. The molecule has 0 aliphatic heterocycles. The summed E-state index contributed by atoms with van der Waals surface area (Å²) < 4.78 is 4.99. The summed E-state index contributed by atoms with van der Waals surface area (Å²) in [5, 5.41) is 5.91. The van der Waals surface area contributed by atoms with Crippen molar-refractivity contribution < 1.29 is 12.4 Å². The summed E-state index contributed by atoms with van der Waals surface area (Å²) in [5.41, 5.74) is 0. The maximum Gasteiger partial charge on any atom is 0.233 e. The van der Waals surface area contributed by atoms with E-state index in [2.05, 4.69) is 10.6 Å². The summed E-state index contributed by atoms with van der Waals surface area (Å²) in [4.78, 5) is 11.2. The smallest absolute Gasteiger partial charge is 0.233 e. The normalized spacial score (nSPS) is 10.5. The van der Waals surface area contributed by atoms with E-state index in [1.165, 1.54) is 25.7 Å². The molecule has 0 aliphatic carbocycles. The van der Waals surface area contributed by atoms with Crippen molar-refractivity contribution in [2.45, 2.75) is 45.4 Å². The first-order valence-electron chi connectivity index (χ1n) is 6.77. The van der Waals surface area contributed by atoms with Gasteiger partial charge in [-0.2, -0.15) is 0 Å². The third-order valence-electron chi connectivity index (χ3n) is 2.63. The fourth-order valence-electron chi connectivity index (χ4n) is 1.61. The lowest BCUT2D eigenvalue weighted by Crippen LogP contribution is -2.34. The zero-order chi connectivity index (χ0) is 12.8. The molecule has 1 amide bonds. The fraction of sp³-hybridized carbons (Fsp3) is 0.923. The molecule has 0 radical (unpaired) electrons. The molecule has 0 heterocycles. The van der Waals surface area contributed by atoms with E-state index in [1.807, 2.05) is 6.92 Å². The Labute approximate surface area is 108 Å². The van der Waals surface area contributed by atoms with Crippen molar-refractivity contribution in [3.63, 3.8) is 0 Å². The quantitative estimate of drug-likeness (QED) is 0.521. The molecule has 0 aromatic heterocycles. The number of ether oxygens (including phenoxy) is 1. The molecular weight excluding hydrogens is 216 g/mol. The van der Waals surface area contributed by atoms with Crippen molar-refractivity contribution >= 4 is 5.91 Å². The van der Waals surface area contributed by atoms with Crippen molar-refractivity contribution in [2.24, 2.45) is 0 Å². The molecule has 0 rings (SSSR count). The standard InChI is InChI=1S/C13H28N2O2.2H2/c1-3-14-12-13(16)15-10-8-6-4-5-7-9-11-17-2;;/h14H,3-12H2,1-2H3,(H,15,16);2*1H. The number of methoxy groups -OCH3 is 1. The summed E-state index contributed by atoms with van der Waals surface area (Å²) in [6.45, 7) is 4.96. The van der Waals surface area contributed by atoms with E-state index < -0.39 is 0 Å². The van der Waals surface area contributed by atoms with Crippen molar-refractivity contribution in [1.82, 2.24) is 10.6 Å². The highest BCUT2D eigenvalue weighted by atomic mass is 16.5. The Balaban J connectivity index is -0.00000128. The Kier molecular flexibility index (Phi) is 13.0. The van der Waals surface area contributed by atoms with Crippen LogP contribution in [0.15, 0.2) is 0 Å². The number of hydrogen-bond donors (Lipinski definition) is 2. The Bertz CT molecular complexity index is 184. The van der Waals surface area contributed by atoms with E-state index in [1.54, 1.807) is 7.11 Å². The van der Waals surface area contributed by atoms with Gasteiger partial charge in [0.25, 0.3) is 0 Å². The van der Waals surface area contributed by atoms with Gasteiger partial charge in [0.2, 0.25) is 5.91 Å². The number of likely N-dealkylation sites (N-methyl/N-ethyl adjacent to an activating group) is 1. The summed E-state index contributed by atoms with van der Waals surface area (Å²) in [6, 6.07) is 0. The second-order valence-corrected chi connectivity index (χ2v) is 4.24. The molecular formula is C13H32N2O2. The van der Waals surface area contributed by atoms with Crippen molar-refractivity contribution in [3.8, 4) is 0 Å². The van der Waals surface area contributed by atoms with Crippen LogP contribution in [0.2, 0.25) is 0 Å². The minimum absolute atomic E-state index is 0. The predicted molar refractivity (Wildman–Crippen MR) is 75.4 cm³/mol. The van der Waals surface area contributed by atoms with E-state index in [9.17, 15) is 4.79 Å². The molecule has 0 bridgehead atoms. The third-order valence-corrected chi connectivity index (χ3v) is 2.63. The van der Waals surface area contributed by atoms with Gasteiger partial charge in [0.15, 0.2) is 0 Å². The van der Waals surface area contributed by atoms with E-state index >= 15 is 0 Å². The molecule has 0 aromatic carbocycles. The summed E-state index contributed by atoms with van der Waals surface area (Å²) in [5.74, 6) is 0.104. The first kappa shape index (κ1) is 16.4. The van der Waals surface area contributed by atoms with Gasteiger partial charge < -0.3 is 15.4 Å². The van der Waals surface area contributed by atoms with Crippen LogP contribution in [0.3, 0.4) is 0 Å². The largest absolute Gasteiger partial charge is 0.385 e. The van der Waals surface area contributed by atoms with Crippen molar-refractivity contribution in [2.75, 3.05) is 33.4 Å². The maximum absolute atomic E-state index is 11.2. The van der Waals surface area contributed by atoms with Crippen LogP contribution in [0.1, 0.15) is 48.3 Å². The van der Waals surface area contributed by atoms with Gasteiger partial charge in [0, 0.05) is 23.1 Å². The first-order chi connectivity index (χ1) is 8.31. The molecule has 0 fully saturated rings. The molecule has 0 atom stereocenters. The Morgan fingerprint density at radius 2 is 1.76 bits per heavy atom. The fourth-order valence-corrected chi connectivity index (χ4v) is 1.61. The molecule has 0 spiro atoms. The zero-order valence-electron chi connectivity index (χ0n) is 11.4. The maximum atomic E-state index is 11.2. The highest BCUT2D eigenvalue weighted by Crippen LogP contribution is 2.04. The van der Waals surface area contributed by atoms with Crippen LogP contribution < -0.4 is 10.6 Å². The van der Waals surface area contributed by atoms with Gasteiger partial charge in [0.1, 0.15) is 0 Å². The van der Waals surface area contributed by atoms with E-state index in [-0.39, 0.29) is 8.76 Å². The topological polar surface area (TPSA) is 50.4 Å². The lowest BCUT2D eigenvalue weighted by molar-refractivity contribution is -0.120. The van der Waals surface area contributed by atoms with Gasteiger partial charge in [-0.25, -0.2) is 0 Å². The number of amides is 1. The zero-order valence-corrected chi connectivity index (χ0v) is 11.4. The lowest BCUT2D eigenvalue weighted by Gasteiger charge is -2.05. The van der Waals surface area contributed by atoms with Gasteiger partial charge in [-0.1, -0.05) is 32.6 Å². The van der Waals surface area contributed by atoms with Crippen molar-refractivity contribution in [3.05, 3.63) is 0 Å². The Hall–Kier alpha value is -0.610. The summed E-state index contributed by atoms with van der Waals surface area (Å²) in [7, 11) is 1.75. The number of carbonyl (C=O) groups is 1. The van der Waals surface area contributed by atoms with Crippen LogP contribution >= 0.6 is 0 Å². The van der Waals surface area contributed by atoms with Crippen LogP contribution in [-0.4, -0.2) is 39.3 Å². The second kappa shape index (κ2) is 13.5. The van der Waals surface area contributed by atoms with Gasteiger partial charge in [-0.15, -0.1) is 0 Å². The molecule has 0 aliphatic rings. The van der Waals surface area contributed by atoms with Gasteiger partial charge in [-0.3, -0.25) is 4.79 Å². The molecule has 0 saturated carbocycles. The SMILES string of the molecule is CCNCC(=O)NCCCCCCCCOC.[HH].[HH]. The molecule has 4 nitrogen and oxygen atoms in total. The van der Waals surface area contributed by atoms with Crippen LogP contribution in [0.4, 0.5) is 0 Å². The predicted octanol–water partition coefficient (Wildman–Crippen LogP) is 2.19. The monoisotopic (exact) mass is 248 g/mol. The van der Waals surface area contributed by atoms with E-state index in [4.69, 9.17) is 4.74 Å². The molecule has 0 aromatic rings. The highest BCUT2D eigenvalue weighted by molar-refractivity contribution is 5.77. The van der Waals surface area contributed by atoms with Crippen LogP contribution in [-0.2, 0) is 9.53 Å². The minimum atomic E-state index is 0. The molecule has 0 unspecified atom stereocenters. The number of rotatable bonds is 12.